The molecule has 1 heterocycles. The van der Waals surface area contributed by atoms with Gasteiger partial charge >= 0.3 is 0 Å². The Morgan fingerprint density at radius 2 is 2.29 bits per heavy atom. The summed E-state index contributed by atoms with van der Waals surface area (Å²) in [5.74, 6) is 1.04. The first kappa shape index (κ1) is 9.24. The van der Waals surface area contributed by atoms with E-state index in [9.17, 15) is 4.39 Å². The van der Waals surface area contributed by atoms with Crippen LogP contribution < -0.4 is 10.5 Å². The first-order chi connectivity index (χ1) is 6.75. The molecule has 1 aliphatic rings. The molecule has 0 amide bonds. The Morgan fingerprint density at radius 1 is 1.43 bits per heavy atom. The van der Waals surface area contributed by atoms with Crippen LogP contribution >= 0.6 is 0 Å². The third kappa shape index (κ3) is 1.95. The number of pyridine rings is 1. The molecular weight excluding hydrogens is 183 g/mol. The number of nitrogens with two attached hydrogens (primary N) is 1. The van der Waals surface area contributed by atoms with Gasteiger partial charge in [-0.25, -0.2) is 9.37 Å². The van der Waals surface area contributed by atoms with Crippen molar-refractivity contribution in [3.8, 4) is 5.75 Å². The average molecular weight is 196 g/mol. The predicted molar refractivity (Wildman–Crippen MR) is 51.8 cm³/mol. The van der Waals surface area contributed by atoms with Crippen LogP contribution in [0, 0.1) is 0 Å². The largest absolute Gasteiger partial charge is 0.486 e. The molecule has 1 aromatic heterocycles. The highest BCUT2D eigenvalue weighted by Crippen LogP contribution is 2.26. The number of hydrogen-bond acceptors (Lipinski definition) is 3. The lowest BCUT2D eigenvalue weighted by atomic mass is 10.3. The minimum absolute atomic E-state index is 0.305. The lowest BCUT2D eigenvalue weighted by Gasteiger charge is -2.15. The van der Waals surface area contributed by atoms with Gasteiger partial charge in [0.25, 0.3) is 0 Å². The number of rotatable bonds is 2. The molecule has 0 saturated heterocycles. The van der Waals surface area contributed by atoms with Crippen LogP contribution in [0.5, 0.6) is 5.75 Å². The zero-order chi connectivity index (χ0) is 9.97. The minimum Gasteiger partial charge on any atom is -0.486 e. The van der Waals surface area contributed by atoms with Crippen LogP contribution in [0.4, 0.5) is 10.2 Å². The summed E-state index contributed by atoms with van der Waals surface area (Å²) in [7, 11) is 0. The first-order valence-electron chi connectivity index (χ1n) is 4.78. The molecule has 2 rings (SSSR count). The van der Waals surface area contributed by atoms with Gasteiger partial charge in [-0.1, -0.05) is 0 Å². The van der Waals surface area contributed by atoms with Crippen molar-refractivity contribution in [1.82, 2.24) is 4.98 Å². The Labute approximate surface area is 82.1 Å². The molecule has 1 fully saturated rings. The summed E-state index contributed by atoms with van der Waals surface area (Å²) < 4.78 is 18.6. The average Bonchev–Trinajstić information content (AvgIpc) is 2.56. The van der Waals surface area contributed by atoms with E-state index in [1.165, 1.54) is 6.20 Å². The fourth-order valence-corrected chi connectivity index (χ4v) is 1.65. The maximum Gasteiger partial charge on any atom is 0.138 e. The van der Waals surface area contributed by atoms with Gasteiger partial charge in [0.05, 0.1) is 6.20 Å². The molecule has 1 aromatic rings. The normalized spacial score (nSPS) is 26.4. The van der Waals surface area contributed by atoms with E-state index >= 15 is 0 Å². The number of aromatic nitrogens is 1. The smallest absolute Gasteiger partial charge is 0.138 e. The number of anilines is 1. The van der Waals surface area contributed by atoms with E-state index in [0.717, 1.165) is 12.8 Å². The molecule has 1 aliphatic carbocycles. The molecule has 0 radical (unpaired) electrons. The van der Waals surface area contributed by atoms with Crippen molar-refractivity contribution in [2.24, 2.45) is 0 Å². The molecule has 0 aromatic carbocycles. The van der Waals surface area contributed by atoms with Crippen molar-refractivity contribution in [1.29, 1.82) is 0 Å². The molecule has 14 heavy (non-hydrogen) atoms. The van der Waals surface area contributed by atoms with Gasteiger partial charge in [-0.2, -0.15) is 0 Å². The third-order valence-electron chi connectivity index (χ3n) is 2.42. The Balaban J connectivity index is 2.00. The first-order valence-corrected chi connectivity index (χ1v) is 4.78. The van der Waals surface area contributed by atoms with E-state index in [1.807, 2.05) is 0 Å². The van der Waals surface area contributed by atoms with Crippen LogP contribution in [0.25, 0.3) is 0 Å². The number of ether oxygens (including phenoxy) is 1. The van der Waals surface area contributed by atoms with Crippen molar-refractivity contribution >= 4 is 5.82 Å². The van der Waals surface area contributed by atoms with Crippen LogP contribution in [0.2, 0.25) is 0 Å². The number of nitrogens with zero attached hydrogens (tertiary/aromatic N) is 1. The van der Waals surface area contributed by atoms with Gasteiger partial charge in [-0.3, -0.25) is 0 Å². The summed E-state index contributed by atoms with van der Waals surface area (Å²) in [5, 5.41) is 0. The van der Waals surface area contributed by atoms with Crippen LogP contribution in [-0.2, 0) is 0 Å². The van der Waals surface area contributed by atoms with Crippen molar-refractivity contribution in [3.05, 3.63) is 18.3 Å². The number of alkyl halides is 1. The molecule has 0 spiro atoms. The van der Waals surface area contributed by atoms with Crippen LogP contribution in [0.1, 0.15) is 19.3 Å². The molecule has 0 unspecified atom stereocenters. The van der Waals surface area contributed by atoms with Gasteiger partial charge in [-0.15, -0.1) is 0 Å². The summed E-state index contributed by atoms with van der Waals surface area (Å²) >= 11 is 0. The van der Waals surface area contributed by atoms with Gasteiger partial charge in [0.1, 0.15) is 23.8 Å². The highest BCUT2D eigenvalue weighted by Gasteiger charge is 2.28. The molecule has 2 atom stereocenters. The predicted octanol–water partition coefficient (Wildman–Crippen LogP) is 1.93. The highest BCUT2D eigenvalue weighted by molar-refractivity contribution is 5.32. The number of halogens is 1. The topological polar surface area (TPSA) is 48.1 Å². The lowest BCUT2D eigenvalue weighted by molar-refractivity contribution is 0.125. The third-order valence-corrected chi connectivity index (χ3v) is 2.42. The van der Waals surface area contributed by atoms with Gasteiger partial charge < -0.3 is 10.5 Å². The molecule has 0 aliphatic heterocycles. The minimum atomic E-state index is -0.840. The second-order valence-electron chi connectivity index (χ2n) is 3.52. The van der Waals surface area contributed by atoms with Gasteiger partial charge in [0.2, 0.25) is 0 Å². The van der Waals surface area contributed by atoms with Gasteiger partial charge in [0.15, 0.2) is 0 Å². The van der Waals surface area contributed by atoms with Crippen LogP contribution in [0.15, 0.2) is 18.3 Å². The van der Waals surface area contributed by atoms with Crippen LogP contribution in [0.3, 0.4) is 0 Å². The van der Waals surface area contributed by atoms with Crippen molar-refractivity contribution in [3.63, 3.8) is 0 Å². The second-order valence-corrected chi connectivity index (χ2v) is 3.52. The molecule has 0 bridgehead atoms. The van der Waals surface area contributed by atoms with Crippen molar-refractivity contribution < 1.29 is 9.13 Å². The monoisotopic (exact) mass is 196 g/mol. The fraction of sp³-hybridized carbons (Fsp3) is 0.500. The molecule has 1 saturated carbocycles. The molecule has 4 heteroatoms. The van der Waals surface area contributed by atoms with Gasteiger partial charge in [0, 0.05) is 0 Å². The zero-order valence-corrected chi connectivity index (χ0v) is 7.82. The second kappa shape index (κ2) is 3.82. The number of nitrogen functional groups attached to an aromatic ring is 1. The maximum atomic E-state index is 13.2. The zero-order valence-electron chi connectivity index (χ0n) is 7.82. The Bertz CT molecular complexity index is 301. The maximum absolute atomic E-state index is 13.2. The Morgan fingerprint density at radius 3 is 2.86 bits per heavy atom. The molecular formula is C10H13FN2O. The lowest BCUT2D eigenvalue weighted by Crippen LogP contribution is -2.22. The molecule has 3 nitrogen and oxygen atoms in total. The van der Waals surface area contributed by atoms with E-state index < -0.39 is 6.17 Å². The summed E-state index contributed by atoms with van der Waals surface area (Å²) in [4.78, 5) is 3.88. The summed E-state index contributed by atoms with van der Waals surface area (Å²) in [6, 6.07) is 3.37. The van der Waals surface area contributed by atoms with E-state index in [4.69, 9.17) is 10.5 Å². The highest BCUT2D eigenvalue weighted by atomic mass is 19.1. The standard InChI is InChI=1S/C10H13FN2O/c11-8-2-1-3-9(8)14-7-4-5-10(12)13-6-7/h4-6,8-9H,1-3H2,(H2,12,13)/t8-,9+/m0/s1. The fourth-order valence-electron chi connectivity index (χ4n) is 1.65. The summed E-state index contributed by atoms with van der Waals surface area (Å²) in [6.07, 6.45) is 2.67. The molecule has 2 N–H and O–H groups in total. The Kier molecular flexibility index (Phi) is 2.52. The SMILES string of the molecule is Nc1ccc(O[C@@H]2CCC[C@@H]2F)cn1. The van der Waals surface area contributed by atoms with E-state index in [-0.39, 0.29) is 6.10 Å². The van der Waals surface area contributed by atoms with Crippen molar-refractivity contribution in [2.45, 2.75) is 31.5 Å². The quantitative estimate of drug-likeness (QED) is 0.786. The molecule has 76 valence electrons. The van der Waals surface area contributed by atoms with E-state index in [1.54, 1.807) is 12.1 Å². The summed E-state index contributed by atoms with van der Waals surface area (Å²) in [5.41, 5.74) is 5.42. The summed E-state index contributed by atoms with van der Waals surface area (Å²) in [6.45, 7) is 0. The van der Waals surface area contributed by atoms with Crippen LogP contribution in [-0.4, -0.2) is 17.3 Å². The van der Waals surface area contributed by atoms with Gasteiger partial charge in [-0.05, 0) is 31.4 Å². The number of hydrogen-bond donors (Lipinski definition) is 1. The van der Waals surface area contributed by atoms with Crippen molar-refractivity contribution in [2.75, 3.05) is 5.73 Å². The van der Waals surface area contributed by atoms with E-state index in [2.05, 4.69) is 4.98 Å². The Hall–Kier alpha value is -1.32. The van der Waals surface area contributed by atoms with E-state index in [0.29, 0.717) is 18.0 Å².